The average Bonchev–Trinajstić information content (AvgIpc) is 2.55. The van der Waals surface area contributed by atoms with Gasteiger partial charge in [-0.25, -0.2) is 0 Å². The first-order valence-electron chi connectivity index (χ1n) is 7.92. The molecule has 0 aliphatic carbocycles. The van der Waals surface area contributed by atoms with Gasteiger partial charge in [0.05, 0.1) is 17.7 Å². The van der Waals surface area contributed by atoms with E-state index in [4.69, 9.17) is 33.8 Å². The van der Waals surface area contributed by atoms with E-state index in [1.54, 1.807) is 12.1 Å². The van der Waals surface area contributed by atoms with Gasteiger partial charge in [-0.3, -0.25) is 0 Å². The number of halogens is 1. The number of nitrogens with zero attached hydrogens (tertiary/aromatic N) is 1. The van der Waals surface area contributed by atoms with Crippen molar-refractivity contribution >= 4 is 34.6 Å². The van der Waals surface area contributed by atoms with Crippen molar-refractivity contribution in [2.24, 2.45) is 0 Å². The Morgan fingerprint density at radius 2 is 2.12 bits per heavy atom. The molecule has 0 fully saturated rings. The number of anilines is 1. The number of benzene rings is 2. The summed E-state index contributed by atoms with van der Waals surface area (Å²) < 4.78 is 6.04. The third kappa shape index (κ3) is 4.22. The van der Waals surface area contributed by atoms with Gasteiger partial charge in [0.2, 0.25) is 0 Å². The SMILES string of the molecule is CC1(C)C[C@@H](NC(=S)Nc2cccc(C#N)c2)c2cc(Cl)ccc2O1. The van der Waals surface area contributed by atoms with Crippen LogP contribution in [0.3, 0.4) is 0 Å². The van der Waals surface area contributed by atoms with Crippen molar-refractivity contribution in [2.45, 2.75) is 31.9 Å². The van der Waals surface area contributed by atoms with Crippen molar-refractivity contribution in [2.75, 3.05) is 5.32 Å². The molecule has 0 saturated carbocycles. The predicted octanol–water partition coefficient (Wildman–Crippen LogP) is 4.80. The molecule has 0 bridgehead atoms. The Morgan fingerprint density at radius 1 is 1.32 bits per heavy atom. The predicted molar refractivity (Wildman–Crippen MR) is 104 cm³/mol. The highest BCUT2D eigenvalue weighted by Gasteiger charge is 2.34. The van der Waals surface area contributed by atoms with Gasteiger partial charge in [-0.1, -0.05) is 17.7 Å². The molecule has 0 saturated heterocycles. The van der Waals surface area contributed by atoms with Crippen LogP contribution in [0.25, 0.3) is 0 Å². The molecule has 6 heteroatoms. The van der Waals surface area contributed by atoms with E-state index in [0.717, 1.165) is 23.4 Å². The fourth-order valence-electron chi connectivity index (χ4n) is 2.95. The van der Waals surface area contributed by atoms with Gasteiger partial charge in [0.1, 0.15) is 11.4 Å². The highest BCUT2D eigenvalue weighted by atomic mass is 35.5. The van der Waals surface area contributed by atoms with E-state index < -0.39 is 0 Å². The number of hydrogen-bond acceptors (Lipinski definition) is 3. The van der Waals surface area contributed by atoms with Crippen molar-refractivity contribution in [1.29, 1.82) is 5.26 Å². The summed E-state index contributed by atoms with van der Waals surface area (Å²) in [7, 11) is 0. The molecular weight excluding hydrogens is 354 g/mol. The minimum Gasteiger partial charge on any atom is -0.487 e. The molecule has 3 rings (SSSR count). The minimum atomic E-state index is -0.311. The molecule has 0 amide bonds. The third-order valence-electron chi connectivity index (χ3n) is 3.98. The van der Waals surface area contributed by atoms with E-state index in [-0.39, 0.29) is 11.6 Å². The van der Waals surface area contributed by atoms with Gasteiger partial charge in [0.15, 0.2) is 5.11 Å². The number of rotatable bonds is 2. The zero-order valence-electron chi connectivity index (χ0n) is 14.0. The summed E-state index contributed by atoms with van der Waals surface area (Å²) in [6.07, 6.45) is 0.750. The normalized spacial score (nSPS) is 17.6. The maximum absolute atomic E-state index is 9.00. The molecule has 0 unspecified atom stereocenters. The summed E-state index contributed by atoms with van der Waals surface area (Å²) >= 11 is 11.6. The molecule has 128 valence electrons. The Labute approximate surface area is 157 Å². The van der Waals surface area contributed by atoms with Crippen LogP contribution in [-0.2, 0) is 0 Å². The summed E-state index contributed by atoms with van der Waals surface area (Å²) in [5.74, 6) is 0.812. The zero-order valence-corrected chi connectivity index (χ0v) is 15.5. The number of hydrogen-bond donors (Lipinski definition) is 2. The van der Waals surface area contributed by atoms with Crippen LogP contribution >= 0.6 is 23.8 Å². The van der Waals surface area contributed by atoms with Gasteiger partial charge in [-0.15, -0.1) is 0 Å². The number of fused-ring (bicyclic) bond motifs is 1. The zero-order chi connectivity index (χ0) is 18.0. The van der Waals surface area contributed by atoms with Crippen LogP contribution in [0.1, 0.15) is 37.4 Å². The van der Waals surface area contributed by atoms with Crippen molar-refractivity contribution in [1.82, 2.24) is 5.32 Å². The maximum atomic E-state index is 9.00. The van der Waals surface area contributed by atoms with E-state index in [9.17, 15) is 0 Å². The highest BCUT2D eigenvalue weighted by molar-refractivity contribution is 7.80. The topological polar surface area (TPSA) is 57.1 Å². The van der Waals surface area contributed by atoms with Gasteiger partial charge in [-0.05, 0) is 62.5 Å². The van der Waals surface area contributed by atoms with Gasteiger partial charge in [0.25, 0.3) is 0 Å². The minimum absolute atomic E-state index is 0.0170. The van der Waals surface area contributed by atoms with Crippen molar-refractivity contribution < 1.29 is 4.74 Å². The van der Waals surface area contributed by atoms with Gasteiger partial charge >= 0.3 is 0 Å². The summed E-state index contributed by atoms with van der Waals surface area (Å²) in [4.78, 5) is 0. The van der Waals surface area contributed by atoms with Crippen LogP contribution in [-0.4, -0.2) is 10.7 Å². The van der Waals surface area contributed by atoms with Crippen LogP contribution in [0.4, 0.5) is 5.69 Å². The first-order valence-corrected chi connectivity index (χ1v) is 8.71. The van der Waals surface area contributed by atoms with Gasteiger partial charge in [0, 0.05) is 22.7 Å². The second-order valence-corrected chi connectivity index (χ2v) is 7.44. The monoisotopic (exact) mass is 371 g/mol. The molecule has 2 aromatic carbocycles. The number of nitriles is 1. The Kier molecular flexibility index (Phi) is 4.85. The lowest BCUT2D eigenvalue weighted by Gasteiger charge is -2.38. The molecule has 1 heterocycles. The molecule has 1 aliphatic rings. The van der Waals surface area contributed by atoms with E-state index in [2.05, 4.69) is 16.7 Å². The molecule has 2 aromatic rings. The van der Waals surface area contributed by atoms with Crippen molar-refractivity contribution in [3.8, 4) is 11.8 Å². The van der Waals surface area contributed by atoms with Crippen LogP contribution in [0.5, 0.6) is 5.75 Å². The Hall–Kier alpha value is -2.29. The lowest BCUT2D eigenvalue weighted by Crippen LogP contribution is -2.42. The molecule has 1 atom stereocenters. The Bertz CT molecular complexity index is 860. The highest BCUT2D eigenvalue weighted by Crippen LogP contribution is 2.40. The fourth-order valence-corrected chi connectivity index (χ4v) is 3.39. The van der Waals surface area contributed by atoms with E-state index >= 15 is 0 Å². The Balaban J connectivity index is 1.78. The van der Waals surface area contributed by atoms with Gasteiger partial charge < -0.3 is 15.4 Å². The smallest absolute Gasteiger partial charge is 0.171 e. The summed E-state index contributed by atoms with van der Waals surface area (Å²) in [5.41, 5.74) is 2.03. The molecule has 1 aliphatic heterocycles. The molecule has 4 nitrogen and oxygen atoms in total. The first kappa shape index (κ1) is 17.5. The second-order valence-electron chi connectivity index (χ2n) is 6.59. The molecule has 25 heavy (non-hydrogen) atoms. The van der Waals surface area contributed by atoms with Crippen LogP contribution in [0, 0.1) is 11.3 Å². The van der Waals surface area contributed by atoms with E-state index in [1.165, 1.54) is 0 Å². The van der Waals surface area contributed by atoms with Gasteiger partial charge in [-0.2, -0.15) is 5.26 Å². The summed E-state index contributed by atoms with van der Waals surface area (Å²) in [6.45, 7) is 4.10. The van der Waals surface area contributed by atoms with Crippen LogP contribution in [0.15, 0.2) is 42.5 Å². The van der Waals surface area contributed by atoms with E-state index in [0.29, 0.717) is 15.7 Å². The average molecular weight is 372 g/mol. The quantitative estimate of drug-likeness (QED) is 0.742. The summed E-state index contributed by atoms with van der Waals surface area (Å²) in [6, 6.07) is 14.9. The van der Waals surface area contributed by atoms with Crippen molar-refractivity contribution in [3.63, 3.8) is 0 Å². The maximum Gasteiger partial charge on any atom is 0.171 e. The number of ether oxygens (including phenoxy) is 1. The number of nitrogens with one attached hydrogen (secondary N) is 2. The van der Waals surface area contributed by atoms with Crippen LogP contribution < -0.4 is 15.4 Å². The molecule has 2 N–H and O–H groups in total. The summed E-state index contributed by atoms with van der Waals surface area (Å²) in [5, 5.41) is 16.6. The molecule has 0 aromatic heterocycles. The molecule has 0 spiro atoms. The fraction of sp³-hybridized carbons (Fsp3) is 0.263. The number of thiocarbonyl (C=S) groups is 1. The van der Waals surface area contributed by atoms with E-state index in [1.807, 2.05) is 44.2 Å². The molecular formula is C19H18ClN3OS. The lowest BCUT2D eigenvalue weighted by atomic mass is 9.90. The first-order chi connectivity index (χ1) is 11.9. The molecule has 0 radical (unpaired) electrons. The lowest BCUT2D eigenvalue weighted by molar-refractivity contribution is 0.0697. The third-order valence-corrected chi connectivity index (χ3v) is 4.44. The van der Waals surface area contributed by atoms with Crippen molar-refractivity contribution in [3.05, 3.63) is 58.6 Å². The second kappa shape index (κ2) is 6.91. The Morgan fingerprint density at radius 3 is 2.88 bits per heavy atom. The van der Waals surface area contributed by atoms with Crippen LogP contribution in [0.2, 0.25) is 5.02 Å². The standard InChI is InChI=1S/C19H18ClN3OS/c1-19(2)10-16(15-9-13(20)6-7-17(15)24-19)23-18(25)22-14-5-3-4-12(8-14)11-21/h3-9,16H,10H2,1-2H3,(H2,22,23,25)/t16-/m1/s1. The largest absolute Gasteiger partial charge is 0.487 e.